The number of carbonyl (C=O) groups is 2. The molecule has 2 amide bonds. The predicted molar refractivity (Wildman–Crippen MR) is 98.0 cm³/mol. The lowest BCUT2D eigenvalue weighted by molar-refractivity contribution is -0.123. The summed E-state index contributed by atoms with van der Waals surface area (Å²) in [5.74, 6) is -0.615. The zero-order valence-corrected chi connectivity index (χ0v) is 15.1. The number of amides is 2. The molecule has 0 atom stereocenters. The molecule has 0 aliphatic carbocycles. The molecule has 0 unspecified atom stereocenters. The smallest absolute Gasteiger partial charge is 0.289 e. The van der Waals surface area contributed by atoms with Crippen molar-refractivity contribution in [1.29, 1.82) is 0 Å². The Morgan fingerprint density at radius 1 is 1.16 bits per heavy atom. The summed E-state index contributed by atoms with van der Waals surface area (Å²) in [5.41, 5.74) is 5.78. The number of benzene rings is 1. The van der Waals surface area contributed by atoms with Crippen LogP contribution in [0.1, 0.15) is 10.5 Å². The molecule has 1 aromatic carbocycles. The molecule has 9 heteroatoms. The van der Waals surface area contributed by atoms with E-state index in [4.69, 9.17) is 16.3 Å². The Hall–Kier alpha value is -2.42. The maximum atomic E-state index is 12.0. The molecule has 25 heavy (non-hydrogen) atoms. The maximum absolute atomic E-state index is 12.0. The van der Waals surface area contributed by atoms with Crippen molar-refractivity contribution in [2.24, 2.45) is 0 Å². The molecule has 0 aliphatic rings. The van der Waals surface area contributed by atoms with Crippen LogP contribution in [0.15, 0.2) is 46.5 Å². The molecule has 6 nitrogen and oxygen atoms in total. The van der Waals surface area contributed by atoms with Crippen molar-refractivity contribution in [3.63, 3.8) is 0 Å². The molecule has 2 heterocycles. The Labute approximate surface area is 156 Å². The third-order valence-corrected chi connectivity index (χ3v) is 4.90. The first-order valence-corrected chi connectivity index (χ1v) is 9.28. The molecule has 0 radical (unpaired) electrons. The van der Waals surface area contributed by atoms with Gasteiger partial charge in [0.05, 0.1) is 5.02 Å². The van der Waals surface area contributed by atoms with Gasteiger partial charge in [-0.05, 0) is 23.6 Å². The Morgan fingerprint density at radius 2 is 2.00 bits per heavy atom. The minimum atomic E-state index is -0.512. The van der Waals surface area contributed by atoms with Gasteiger partial charge in [0.2, 0.25) is 0 Å². The van der Waals surface area contributed by atoms with E-state index in [1.54, 1.807) is 41.0 Å². The van der Waals surface area contributed by atoms with Gasteiger partial charge >= 0.3 is 0 Å². The lowest BCUT2D eigenvalue weighted by atomic mass is 10.3. The normalized spacial score (nSPS) is 10.3. The molecule has 0 saturated carbocycles. The summed E-state index contributed by atoms with van der Waals surface area (Å²) in [6.07, 6.45) is 0. The average molecular weight is 394 g/mol. The number of hydrogen-bond donors (Lipinski definition) is 2. The van der Waals surface area contributed by atoms with Crippen LogP contribution in [-0.2, 0) is 4.79 Å². The number of aromatic nitrogens is 1. The number of para-hydroxylation sites is 1. The zero-order valence-electron chi connectivity index (χ0n) is 12.7. The predicted octanol–water partition coefficient (Wildman–Crippen LogP) is 3.37. The van der Waals surface area contributed by atoms with E-state index in [1.807, 2.05) is 16.8 Å². The molecule has 0 bridgehead atoms. The summed E-state index contributed by atoms with van der Waals surface area (Å²) in [7, 11) is 0. The average Bonchev–Trinajstić information content (AvgIpc) is 3.30. The number of nitrogens with one attached hydrogen (secondary N) is 2. The molecule has 2 aromatic heterocycles. The van der Waals surface area contributed by atoms with Crippen molar-refractivity contribution in [2.75, 3.05) is 6.61 Å². The van der Waals surface area contributed by atoms with Crippen LogP contribution in [-0.4, -0.2) is 23.4 Å². The van der Waals surface area contributed by atoms with E-state index in [0.717, 1.165) is 10.6 Å². The number of halogens is 1. The van der Waals surface area contributed by atoms with Crippen LogP contribution in [0.2, 0.25) is 5.02 Å². The van der Waals surface area contributed by atoms with Crippen LogP contribution in [0, 0.1) is 0 Å². The van der Waals surface area contributed by atoms with Gasteiger partial charge in [-0.15, -0.1) is 11.3 Å². The van der Waals surface area contributed by atoms with Gasteiger partial charge in [0.25, 0.3) is 11.8 Å². The van der Waals surface area contributed by atoms with E-state index in [9.17, 15) is 9.59 Å². The van der Waals surface area contributed by atoms with E-state index in [0.29, 0.717) is 10.8 Å². The third kappa shape index (κ3) is 4.56. The van der Waals surface area contributed by atoms with Crippen LogP contribution < -0.4 is 15.6 Å². The number of hydrazine groups is 1. The number of carbonyl (C=O) groups excluding carboxylic acids is 2. The zero-order chi connectivity index (χ0) is 17.6. The van der Waals surface area contributed by atoms with Gasteiger partial charge in [0.15, 0.2) is 6.61 Å². The van der Waals surface area contributed by atoms with Crippen LogP contribution in [0.3, 0.4) is 0 Å². The van der Waals surface area contributed by atoms with Gasteiger partial charge in [0.1, 0.15) is 16.5 Å². The highest BCUT2D eigenvalue weighted by molar-refractivity contribution is 7.14. The van der Waals surface area contributed by atoms with Crippen molar-refractivity contribution < 1.29 is 14.3 Å². The van der Waals surface area contributed by atoms with Crippen molar-refractivity contribution in [2.45, 2.75) is 0 Å². The number of rotatable bonds is 5. The summed E-state index contributed by atoms with van der Waals surface area (Å²) >= 11 is 8.85. The van der Waals surface area contributed by atoms with E-state index in [2.05, 4.69) is 15.8 Å². The van der Waals surface area contributed by atoms with Crippen LogP contribution in [0.5, 0.6) is 5.75 Å². The van der Waals surface area contributed by atoms with Crippen LogP contribution in [0.25, 0.3) is 10.6 Å². The number of nitrogens with zero attached hydrogens (tertiary/aromatic N) is 1. The number of hydrogen-bond acceptors (Lipinski definition) is 6. The Morgan fingerprint density at radius 3 is 2.76 bits per heavy atom. The minimum Gasteiger partial charge on any atom is -0.482 e. The van der Waals surface area contributed by atoms with Gasteiger partial charge < -0.3 is 4.74 Å². The number of ether oxygens (including phenoxy) is 1. The van der Waals surface area contributed by atoms with Crippen molar-refractivity contribution >= 4 is 46.1 Å². The molecule has 0 aliphatic heterocycles. The highest BCUT2D eigenvalue weighted by Gasteiger charge is 2.13. The molecular weight excluding hydrogens is 382 g/mol. The Bertz CT molecular complexity index is 880. The molecule has 128 valence electrons. The summed E-state index contributed by atoms with van der Waals surface area (Å²) < 4.78 is 5.28. The second kappa shape index (κ2) is 8.11. The van der Waals surface area contributed by atoms with E-state index in [-0.39, 0.29) is 12.3 Å². The van der Waals surface area contributed by atoms with Crippen molar-refractivity contribution in [3.8, 4) is 16.3 Å². The lowest BCUT2D eigenvalue weighted by Gasteiger charge is -2.08. The minimum absolute atomic E-state index is 0.235. The van der Waals surface area contributed by atoms with Gasteiger partial charge in [0, 0.05) is 16.3 Å². The fourth-order valence-corrected chi connectivity index (χ4v) is 3.53. The monoisotopic (exact) mass is 393 g/mol. The Kier molecular flexibility index (Phi) is 5.64. The second-order valence-electron chi connectivity index (χ2n) is 4.77. The van der Waals surface area contributed by atoms with Gasteiger partial charge in [-0.25, -0.2) is 4.98 Å². The lowest BCUT2D eigenvalue weighted by Crippen LogP contribution is -2.43. The molecule has 0 spiro atoms. The molecule has 3 rings (SSSR count). The molecule has 0 fully saturated rings. The molecule has 3 aromatic rings. The second-order valence-corrected chi connectivity index (χ2v) is 6.82. The van der Waals surface area contributed by atoms with Gasteiger partial charge in [-0.1, -0.05) is 23.7 Å². The fourth-order valence-electron chi connectivity index (χ4n) is 1.83. The van der Waals surface area contributed by atoms with Crippen molar-refractivity contribution in [3.05, 3.63) is 57.2 Å². The first-order valence-electron chi connectivity index (χ1n) is 7.08. The van der Waals surface area contributed by atoms with Crippen LogP contribution >= 0.6 is 34.3 Å². The number of thiazole rings is 1. The highest BCUT2D eigenvalue weighted by atomic mass is 35.5. The summed E-state index contributed by atoms with van der Waals surface area (Å²) in [5, 5.41) is 6.68. The topological polar surface area (TPSA) is 80.3 Å². The van der Waals surface area contributed by atoms with Gasteiger partial charge in [-0.2, -0.15) is 11.3 Å². The summed E-state index contributed by atoms with van der Waals surface area (Å²) in [4.78, 5) is 28.0. The molecule has 0 saturated heterocycles. The largest absolute Gasteiger partial charge is 0.482 e. The SMILES string of the molecule is O=C(COc1ccccc1Cl)NNC(=O)c1csc(-c2ccsc2)n1. The Balaban J connectivity index is 1.49. The molecular formula is C16H12ClN3O3S2. The van der Waals surface area contributed by atoms with E-state index >= 15 is 0 Å². The first kappa shape index (κ1) is 17.4. The van der Waals surface area contributed by atoms with E-state index in [1.165, 1.54) is 11.3 Å². The van der Waals surface area contributed by atoms with Crippen LogP contribution in [0.4, 0.5) is 0 Å². The van der Waals surface area contributed by atoms with E-state index < -0.39 is 11.8 Å². The highest BCUT2D eigenvalue weighted by Crippen LogP contribution is 2.25. The van der Waals surface area contributed by atoms with Crippen molar-refractivity contribution in [1.82, 2.24) is 15.8 Å². The summed E-state index contributed by atoms with van der Waals surface area (Å²) in [6, 6.07) is 8.74. The fraction of sp³-hybridized carbons (Fsp3) is 0.0625. The summed E-state index contributed by atoms with van der Waals surface area (Å²) in [6.45, 7) is -0.277. The number of thiophene rings is 1. The standard InChI is InChI=1S/C16H12ClN3O3S2/c17-11-3-1-2-4-13(11)23-7-14(21)19-20-15(22)12-9-25-16(18-12)10-5-6-24-8-10/h1-6,8-9H,7H2,(H,19,21)(H,20,22). The maximum Gasteiger partial charge on any atom is 0.289 e. The quantitative estimate of drug-likeness (QED) is 0.651. The van der Waals surface area contributed by atoms with Gasteiger partial charge in [-0.3, -0.25) is 20.4 Å². The first-order chi connectivity index (χ1) is 12.1. The molecule has 2 N–H and O–H groups in total. The third-order valence-electron chi connectivity index (χ3n) is 3.02.